The minimum Gasteiger partial charge on any atom is -0.497 e. The maximum Gasteiger partial charge on any atom is 0.416 e. The maximum absolute atomic E-state index is 12.8. The SMILES string of the molecule is CC(C)(C)c1c(Cl)cc(C(F)(F)F)cc1Cl.CC(C)(C)c1ccc(C(F)(F)F)cc1C(F)(F)F.CC(C)(C)c1ccccc1-c1ccccc1.COc1ccc(C(F)(F)F)cc1C(C)(C)C.COc1ccc(OC)c(C(C)(C)C)c1.Cc1cc(Cl)c(C(C)(C)C)c(Cl)c1.Cc1cc(Cl)c(C(C)(C)C)c(Cl)c1.Cc1cc(Cl)ccc1C(C)(C)C. The monoisotopic (exact) mass is 1790 g/mol. The fourth-order valence-electron chi connectivity index (χ4n) is 12.2. The molecule has 0 saturated heterocycles. The molecule has 0 radical (unpaired) electrons. The summed E-state index contributed by atoms with van der Waals surface area (Å²) in [6.07, 6.45) is -18.3. The van der Waals surface area contributed by atoms with E-state index < -0.39 is 57.8 Å². The fourth-order valence-corrected chi connectivity index (χ4v) is 15.8. The third-order valence-electron chi connectivity index (χ3n) is 17.8. The molecule has 0 aliphatic carbocycles. The number of ether oxygens (including phenoxy) is 3. The Bertz CT molecular complexity index is 4580. The van der Waals surface area contributed by atoms with Crippen LogP contribution in [0.5, 0.6) is 17.2 Å². The van der Waals surface area contributed by atoms with E-state index in [-0.39, 0.29) is 54.2 Å². The van der Waals surface area contributed by atoms with Gasteiger partial charge in [0.25, 0.3) is 0 Å². The third-order valence-corrected chi connectivity index (χ3v) is 19.8. The lowest BCUT2D eigenvalue weighted by atomic mass is 9.82. The van der Waals surface area contributed by atoms with Crippen molar-refractivity contribution in [2.75, 3.05) is 21.3 Å². The first-order valence-electron chi connectivity index (χ1n) is 37.8. The average molecular weight is 1800 g/mol. The molecule has 0 spiro atoms. The van der Waals surface area contributed by atoms with Crippen molar-refractivity contribution in [3.63, 3.8) is 0 Å². The van der Waals surface area contributed by atoms with Gasteiger partial charge in [0.15, 0.2) is 0 Å². The van der Waals surface area contributed by atoms with Crippen LogP contribution in [-0.2, 0) is 68.0 Å². The fraction of sp³-hybridized carbons (Fsp3) is 0.438. The first kappa shape index (κ1) is 108. The van der Waals surface area contributed by atoms with Crippen LogP contribution in [0.2, 0.25) is 35.2 Å². The first-order valence-corrected chi connectivity index (χ1v) is 40.5. The molecule has 0 fully saturated rings. The molecule has 22 heteroatoms. The van der Waals surface area contributed by atoms with E-state index in [1.807, 2.05) is 110 Å². The van der Waals surface area contributed by atoms with Crippen molar-refractivity contribution < 1.29 is 66.9 Å². The highest BCUT2D eigenvalue weighted by Crippen LogP contribution is 2.46. The number of benzene rings is 9. The van der Waals surface area contributed by atoms with Gasteiger partial charge in [0.1, 0.15) is 17.2 Å². The molecule has 9 rings (SSSR count). The van der Waals surface area contributed by atoms with E-state index in [1.54, 1.807) is 14.2 Å². The standard InChI is InChI=1S/C16H18.C12H12F6.C12H15F3O.C12H18O2.C11H11Cl2F3.2C11H14Cl2.C11H15Cl/c1-16(2,3)15-12-8-7-11-14(15)13-9-5-4-6-10-13;1-10(2,3)8-5-4-7(11(13,14)15)6-9(8)12(16,17)18;1-11(2,3)9-7-8(12(13,14)15)5-6-10(9)16-4;1-12(2,3)10-8-9(13-4)6-7-11(10)14-5;1-10(2,3)9-7(12)4-6(5-8(9)13)11(14,15)16;2*1-7-5-8(12)10(9(13)6-7)11(2,3)4;1-8-7-9(12)5-6-10(8)11(2,3)4/h4-12H,1-3H3;4-6H,1-3H3;5-7H,1-4H3;6-8H,1-5H3;4-5H,1-3H3;2*5-6H,1-4H3;5-7H,1-4H3. The summed E-state index contributed by atoms with van der Waals surface area (Å²) in [5.74, 6) is 2.27. The molecule has 0 bridgehead atoms. The smallest absolute Gasteiger partial charge is 0.416 e. The van der Waals surface area contributed by atoms with Crippen molar-refractivity contribution in [3.8, 4) is 28.4 Å². The summed E-state index contributed by atoms with van der Waals surface area (Å²) in [7, 11) is 4.82. The predicted octanol–water partition coefficient (Wildman–Crippen LogP) is 35.1. The summed E-state index contributed by atoms with van der Waals surface area (Å²) < 4.78 is 166. The van der Waals surface area contributed by atoms with Crippen LogP contribution in [0.15, 0.2) is 164 Å². The minimum absolute atomic E-state index is 0.00185. The Balaban J connectivity index is 0.000000458. The van der Waals surface area contributed by atoms with Crippen LogP contribution in [0.25, 0.3) is 11.1 Å². The Labute approximate surface area is 730 Å². The number of halogens is 19. The van der Waals surface area contributed by atoms with Crippen molar-refractivity contribution in [3.05, 3.63) is 282 Å². The predicted molar refractivity (Wildman–Crippen MR) is 476 cm³/mol. The number of aryl methyl sites for hydroxylation is 3. The van der Waals surface area contributed by atoms with Gasteiger partial charge in [-0.15, -0.1) is 0 Å². The first-order chi connectivity index (χ1) is 53.1. The molecule has 3 nitrogen and oxygen atoms in total. The topological polar surface area (TPSA) is 27.7 Å². The third kappa shape index (κ3) is 34.1. The van der Waals surface area contributed by atoms with Crippen LogP contribution >= 0.6 is 81.2 Å². The normalized spacial score (nSPS) is 12.3. The van der Waals surface area contributed by atoms with Crippen LogP contribution < -0.4 is 14.2 Å². The van der Waals surface area contributed by atoms with Gasteiger partial charge in [-0.1, -0.05) is 314 Å². The molecule has 9 aromatic rings. The van der Waals surface area contributed by atoms with E-state index in [4.69, 9.17) is 95.4 Å². The van der Waals surface area contributed by atoms with Gasteiger partial charge in [-0.25, -0.2) is 0 Å². The average Bonchev–Trinajstić information content (AvgIpc) is 0.784. The van der Waals surface area contributed by atoms with E-state index in [2.05, 4.69) is 171 Å². The van der Waals surface area contributed by atoms with Crippen molar-refractivity contribution in [1.29, 1.82) is 0 Å². The molecule has 0 heterocycles. The Kier molecular flexibility index (Phi) is 38.8. The minimum atomic E-state index is -4.80. The molecule has 0 aliphatic heterocycles. The molecular weight excluding hydrogens is 1680 g/mol. The second kappa shape index (κ2) is 42.6. The maximum atomic E-state index is 12.8. The number of methoxy groups -OCH3 is 3. The van der Waals surface area contributed by atoms with Gasteiger partial charge in [0.2, 0.25) is 0 Å². The van der Waals surface area contributed by atoms with Gasteiger partial charge in [0.05, 0.1) is 43.6 Å². The molecule has 0 aromatic heterocycles. The summed E-state index contributed by atoms with van der Waals surface area (Å²) in [4.78, 5) is 0. The van der Waals surface area contributed by atoms with E-state index in [0.717, 1.165) is 89.2 Å². The lowest BCUT2D eigenvalue weighted by Gasteiger charge is -2.25. The van der Waals surface area contributed by atoms with Crippen LogP contribution in [-0.4, -0.2) is 21.3 Å². The molecule has 118 heavy (non-hydrogen) atoms. The Morgan fingerprint density at radius 2 is 0.559 bits per heavy atom. The summed E-state index contributed by atoms with van der Waals surface area (Å²) in [5.41, 5.74) is 7.89. The number of hydrogen-bond acceptors (Lipinski definition) is 3. The molecule has 0 unspecified atom stereocenters. The highest BCUT2D eigenvalue weighted by Gasteiger charge is 2.41. The number of alkyl halides is 12. The Hall–Kier alpha value is -6.43. The second-order valence-corrected chi connectivity index (χ2v) is 39.5. The summed E-state index contributed by atoms with van der Waals surface area (Å²) >= 11 is 42.1. The van der Waals surface area contributed by atoms with Crippen LogP contribution in [0.3, 0.4) is 0 Å². The zero-order valence-electron chi connectivity index (χ0n) is 73.5. The molecule has 0 N–H and O–H groups in total. The van der Waals surface area contributed by atoms with Crippen LogP contribution in [0, 0.1) is 20.8 Å². The number of rotatable bonds is 4. The molecule has 652 valence electrons. The highest BCUT2D eigenvalue weighted by molar-refractivity contribution is 6.37. The molecule has 0 aliphatic rings. The molecule has 9 aromatic carbocycles. The quantitative estimate of drug-likeness (QED) is 0.164. The van der Waals surface area contributed by atoms with Crippen molar-refractivity contribution in [2.24, 2.45) is 0 Å². The van der Waals surface area contributed by atoms with Crippen molar-refractivity contribution >= 4 is 81.2 Å². The molecular formula is C96H117Cl7F12O3. The van der Waals surface area contributed by atoms with Gasteiger partial charge < -0.3 is 14.2 Å². The van der Waals surface area contributed by atoms with Gasteiger partial charge in [0, 0.05) is 46.3 Å². The van der Waals surface area contributed by atoms with Gasteiger partial charge >= 0.3 is 24.7 Å². The van der Waals surface area contributed by atoms with Gasteiger partial charge in [-0.3, -0.25) is 0 Å². The Morgan fingerprint density at radius 1 is 0.246 bits per heavy atom. The largest absolute Gasteiger partial charge is 0.497 e. The lowest BCUT2D eigenvalue weighted by Crippen LogP contribution is -2.21. The van der Waals surface area contributed by atoms with E-state index in [0.29, 0.717) is 22.9 Å². The molecule has 0 amide bonds. The highest BCUT2D eigenvalue weighted by atomic mass is 35.5. The van der Waals surface area contributed by atoms with Crippen molar-refractivity contribution in [2.45, 2.75) is 255 Å². The summed E-state index contributed by atoms with van der Waals surface area (Å²) in [5, 5.41) is 3.96. The van der Waals surface area contributed by atoms with Gasteiger partial charge in [-0.2, -0.15) is 52.7 Å². The second-order valence-electron chi connectivity index (χ2n) is 36.6. The van der Waals surface area contributed by atoms with Crippen LogP contribution in [0.1, 0.15) is 250 Å². The van der Waals surface area contributed by atoms with Crippen LogP contribution in [0.4, 0.5) is 52.7 Å². The van der Waals surface area contributed by atoms with Gasteiger partial charge in [-0.05, 0) is 222 Å². The van der Waals surface area contributed by atoms with E-state index in [1.165, 1.54) is 67.3 Å². The summed E-state index contributed by atoms with van der Waals surface area (Å²) in [6, 6.07) is 46.1. The zero-order chi connectivity index (χ0) is 91.8. The van der Waals surface area contributed by atoms with Crippen molar-refractivity contribution in [1.82, 2.24) is 0 Å². The number of hydrogen-bond donors (Lipinski definition) is 0. The molecule has 0 saturated carbocycles. The van der Waals surface area contributed by atoms with E-state index >= 15 is 0 Å². The zero-order valence-corrected chi connectivity index (χ0v) is 78.8. The lowest BCUT2D eigenvalue weighted by molar-refractivity contribution is -0.144. The van der Waals surface area contributed by atoms with E-state index in [9.17, 15) is 52.7 Å². The molecule has 0 atom stereocenters. The summed E-state index contributed by atoms with van der Waals surface area (Å²) in [6.45, 7) is 54.2. The Morgan fingerprint density at radius 3 is 0.881 bits per heavy atom.